The molecule has 1 aromatic rings. The number of amides is 1. The molecule has 8 heteroatoms. The summed E-state index contributed by atoms with van der Waals surface area (Å²) in [5, 5.41) is 0. The number of hydrogen-bond donors (Lipinski definition) is 1. The molecular weight excluding hydrogens is 310 g/mol. The van der Waals surface area contributed by atoms with E-state index in [9.17, 15) is 14.4 Å². The molecule has 0 aliphatic heterocycles. The summed E-state index contributed by atoms with van der Waals surface area (Å²) in [7, 11) is 0. The standard InChI is InChI=1S/C14H13NO6S/c1-4-12(16)19-9-6-10(20-13(17)5-2)8-11(7-9)21-14(18)15-22-3/h4-8H,1-2H2,3H3,(H,15,18). The van der Waals surface area contributed by atoms with E-state index in [2.05, 4.69) is 17.9 Å². The Bertz CT molecular complexity index is 573. The molecule has 0 heterocycles. The van der Waals surface area contributed by atoms with E-state index in [1.165, 1.54) is 18.2 Å². The SMILES string of the molecule is C=CC(=O)Oc1cc(OC(=O)C=C)cc(OC(=O)NSC)c1. The summed E-state index contributed by atoms with van der Waals surface area (Å²) in [6.45, 7) is 6.53. The van der Waals surface area contributed by atoms with Gasteiger partial charge in [0.1, 0.15) is 17.2 Å². The second-order valence-electron chi connectivity index (χ2n) is 3.59. The molecule has 116 valence electrons. The number of hydrogen-bond acceptors (Lipinski definition) is 7. The fraction of sp³-hybridized carbons (Fsp3) is 0.0714. The molecule has 0 aromatic heterocycles. The van der Waals surface area contributed by atoms with Crippen LogP contribution in [0.2, 0.25) is 0 Å². The summed E-state index contributed by atoms with van der Waals surface area (Å²) in [6, 6.07) is 3.85. The molecule has 1 amide bonds. The van der Waals surface area contributed by atoms with E-state index < -0.39 is 18.0 Å². The van der Waals surface area contributed by atoms with Gasteiger partial charge in [-0.3, -0.25) is 4.72 Å². The van der Waals surface area contributed by atoms with Crippen LogP contribution in [-0.2, 0) is 9.59 Å². The lowest BCUT2D eigenvalue weighted by Crippen LogP contribution is -2.19. The van der Waals surface area contributed by atoms with Gasteiger partial charge in [0.05, 0.1) is 0 Å². The molecule has 0 fully saturated rings. The van der Waals surface area contributed by atoms with Gasteiger partial charge in [0.2, 0.25) is 0 Å². The first-order valence-corrected chi connectivity index (χ1v) is 7.05. The zero-order valence-corrected chi connectivity index (χ0v) is 12.5. The van der Waals surface area contributed by atoms with Crippen molar-refractivity contribution in [3.05, 3.63) is 43.5 Å². The van der Waals surface area contributed by atoms with E-state index in [-0.39, 0.29) is 17.2 Å². The maximum Gasteiger partial charge on any atom is 0.422 e. The Morgan fingerprint density at radius 3 is 1.73 bits per heavy atom. The van der Waals surface area contributed by atoms with E-state index in [0.29, 0.717) is 0 Å². The van der Waals surface area contributed by atoms with Gasteiger partial charge in [-0.25, -0.2) is 14.4 Å². The van der Waals surface area contributed by atoms with Gasteiger partial charge in [-0.15, -0.1) is 0 Å². The Kier molecular flexibility index (Phi) is 6.71. The van der Waals surface area contributed by atoms with Gasteiger partial charge in [-0.2, -0.15) is 0 Å². The molecule has 0 saturated heterocycles. The Hall–Kier alpha value is -2.74. The first-order valence-electron chi connectivity index (χ1n) is 5.83. The van der Waals surface area contributed by atoms with Gasteiger partial charge in [0.25, 0.3) is 0 Å². The fourth-order valence-electron chi connectivity index (χ4n) is 1.25. The normalized spacial score (nSPS) is 9.32. The van der Waals surface area contributed by atoms with Crippen molar-refractivity contribution in [1.82, 2.24) is 4.72 Å². The third kappa shape index (κ3) is 5.71. The average Bonchev–Trinajstić information content (AvgIpc) is 2.46. The lowest BCUT2D eigenvalue weighted by atomic mass is 10.3. The third-order valence-electron chi connectivity index (χ3n) is 2.02. The number of carbonyl (C=O) groups is 3. The van der Waals surface area contributed by atoms with Crippen molar-refractivity contribution in [2.24, 2.45) is 0 Å². The van der Waals surface area contributed by atoms with E-state index in [1.807, 2.05) is 0 Å². The zero-order chi connectivity index (χ0) is 16.5. The number of rotatable bonds is 6. The second kappa shape index (κ2) is 8.53. The molecule has 1 aromatic carbocycles. The second-order valence-corrected chi connectivity index (χ2v) is 4.20. The Balaban J connectivity index is 3.05. The first kappa shape index (κ1) is 17.3. The zero-order valence-electron chi connectivity index (χ0n) is 11.7. The van der Waals surface area contributed by atoms with Crippen molar-refractivity contribution in [3.8, 4) is 17.2 Å². The van der Waals surface area contributed by atoms with E-state index in [0.717, 1.165) is 24.1 Å². The molecule has 0 aliphatic carbocycles. The van der Waals surface area contributed by atoms with Crippen LogP contribution in [0.1, 0.15) is 0 Å². The summed E-state index contributed by atoms with van der Waals surface area (Å²) in [5.41, 5.74) is 0. The van der Waals surface area contributed by atoms with Crippen LogP contribution in [-0.4, -0.2) is 24.3 Å². The molecule has 0 spiro atoms. The van der Waals surface area contributed by atoms with Gasteiger partial charge in [0, 0.05) is 36.6 Å². The lowest BCUT2D eigenvalue weighted by molar-refractivity contribution is -0.129. The topological polar surface area (TPSA) is 90.9 Å². The van der Waals surface area contributed by atoms with E-state index in [4.69, 9.17) is 14.2 Å². The van der Waals surface area contributed by atoms with Gasteiger partial charge in [0.15, 0.2) is 0 Å². The number of ether oxygens (including phenoxy) is 3. The van der Waals surface area contributed by atoms with Crippen LogP contribution >= 0.6 is 11.9 Å². The first-order chi connectivity index (χ1) is 10.5. The van der Waals surface area contributed by atoms with E-state index >= 15 is 0 Å². The average molecular weight is 323 g/mol. The fourth-order valence-corrected chi connectivity index (χ4v) is 1.46. The number of benzene rings is 1. The number of esters is 2. The monoisotopic (exact) mass is 323 g/mol. The third-order valence-corrected chi connectivity index (χ3v) is 2.39. The molecular formula is C14H13NO6S. The van der Waals surface area contributed by atoms with Crippen LogP contribution in [0.3, 0.4) is 0 Å². The van der Waals surface area contributed by atoms with Crippen molar-refractivity contribution < 1.29 is 28.6 Å². The molecule has 0 radical (unpaired) electrons. The van der Waals surface area contributed by atoms with Crippen LogP contribution in [0.4, 0.5) is 4.79 Å². The maximum absolute atomic E-state index is 11.4. The number of carbonyl (C=O) groups excluding carboxylic acids is 3. The summed E-state index contributed by atoms with van der Waals surface area (Å²) in [6.07, 6.45) is 2.83. The van der Waals surface area contributed by atoms with Gasteiger partial charge in [-0.1, -0.05) is 25.1 Å². The van der Waals surface area contributed by atoms with Crippen molar-refractivity contribution in [1.29, 1.82) is 0 Å². The van der Waals surface area contributed by atoms with Crippen LogP contribution in [0.25, 0.3) is 0 Å². The van der Waals surface area contributed by atoms with Crippen molar-refractivity contribution in [2.75, 3.05) is 6.26 Å². The molecule has 22 heavy (non-hydrogen) atoms. The van der Waals surface area contributed by atoms with Gasteiger partial charge < -0.3 is 14.2 Å². The quantitative estimate of drug-likeness (QED) is 0.371. The smallest absolute Gasteiger partial charge is 0.422 e. The summed E-state index contributed by atoms with van der Waals surface area (Å²) in [5.74, 6) is -1.37. The molecule has 7 nitrogen and oxygen atoms in total. The molecule has 0 aliphatic rings. The van der Waals surface area contributed by atoms with Gasteiger partial charge in [-0.05, 0) is 0 Å². The minimum absolute atomic E-state index is 0.0196. The highest BCUT2D eigenvalue weighted by Crippen LogP contribution is 2.28. The summed E-state index contributed by atoms with van der Waals surface area (Å²) >= 11 is 1.04. The molecule has 0 unspecified atom stereocenters. The highest BCUT2D eigenvalue weighted by Gasteiger charge is 2.11. The number of nitrogens with one attached hydrogen (secondary N) is 1. The lowest BCUT2D eigenvalue weighted by Gasteiger charge is -2.09. The maximum atomic E-state index is 11.4. The van der Waals surface area contributed by atoms with Crippen molar-refractivity contribution >= 4 is 30.0 Å². The Labute approximate surface area is 131 Å². The van der Waals surface area contributed by atoms with Crippen molar-refractivity contribution in [2.45, 2.75) is 0 Å². The predicted octanol–water partition coefficient (Wildman–Crippen LogP) is 2.24. The van der Waals surface area contributed by atoms with Crippen LogP contribution in [0.5, 0.6) is 17.2 Å². The van der Waals surface area contributed by atoms with E-state index in [1.54, 1.807) is 6.26 Å². The molecule has 0 saturated carbocycles. The molecule has 1 rings (SSSR count). The largest absolute Gasteiger partial charge is 0.423 e. The molecule has 1 N–H and O–H groups in total. The van der Waals surface area contributed by atoms with Crippen LogP contribution < -0.4 is 18.9 Å². The van der Waals surface area contributed by atoms with Crippen LogP contribution in [0, 0.1) is 0 Å². The Morgan fingerprint density at radius 2 is 1.36 bits per heavy atom. The minimum Gasteiger partial charge on any atom is -0.423 e. The Morgan fingerprint density at radius 1 is 0.955 bits per heavy atom. The van der Waals surface area contributed by atoms with Gasteiger partial charge >= 0.3 is 18.0 Å². The van der Waals surface area contributed by atoms with Crippen LogP contribution in [0.15, 0.2) is 43.5 Å². The molecule has 0 bridgehead atoms. The van der Waals surface area contributed by atoms with Crippen molar-refractivity contribution in [3.63, 3.8) is 0 Å². The summed E-state index contributed by atoms with van der Waals surface area (Å²) in [4.78, 5) is 33.8. The minimum atomic E-state index is -0.735. The summed E-state index contributed by atoms with van der Waals surface area (Å²) < 4.78 is 17.1. The molecule has 0 atom stereocenters. The predicted molar refractivity (Wildman–Crippen MR) is 80.8 cm³/mol. The highest BCUT2D eigenvalue weighted by atomic mass is 32.2. The highest BCUT2D eigenvalue weighted by molar-refractivity contribution is 7.97.